The van der Waals surface area contributed by atoms with Crippen LogP contribution in [0.1, 0.15) is 40.0 Å². The quantitative estimate of drug-likeness (QED) is 0.536. The van der Waals surface area contributed by atoms with Crippen molar-refractivity contribution < 1.29 is 29.5 Å². The Morgan fingerprint density at radius 3 is 2.04 bits per heavy atom. The third-order valence-electron chi connectivity index (χ3n) is 5.72. The number of carbonyl (C=O) groups excluding carboxylic acids is 2. The van der Waals surface area contributed by atoms with Gasteiger partial charge >= 0.3 is 13.1 Å². The number of carbonyl (C=O) groups is 3. The molecule has 2 fully saturated rings. The van der Waals surface area contributed by atoms with Crippen LogP contribution in [-0.4, -0.2) is 40.1 Å². The third kappa shape index (κ3) is 2.64. The zero-order valence-corrected chi connectivity index (χ0v) is 15.0. The fraction of sp³-hybridized carbons (Fsp3) is 0.500. The minimum absolute atomic E-state index is 0.149. The van der Waals surface area contributed by atoms with Gasteiger partial charge in [0.2, 0.25) is 11.8 Å². The van der Waals surface area contributed by atoms with E-state index < -0.39 is 41.1 Å². The summed E-state index contributed by atoms with van der Waals surface area (Å²) in [4.78, 5) is 39.2. The first-order valence-electron chi connectivity index (χ1n) is 8.50. The summed E-state index contributed by atoms with van der Waals surface area (Å²) in [6, 6.07) is 5.98. The van der Waals surface area contributed by atoms with Gasteiger partial charge in [-0.25, -0.2) is 4.90 Å². The van der Waals surface area contributed by atoms with E-state index in [2.05, 4.69) is 0 Å². The number of hydrogen-bond acceptors (Lipinski definition) is 5. The first-order chi connectivity index (χ1) is 11.9. The van der Waals surface area contributed by atoms with Crippen molar-refractivity contribution in [3.63, 3.8) is 0 Å². The fourth-order valence-electron chi connectivity index (χ4n) is 4.92. The van der Waals surface area contributed by atoms with Gasteiger partial charge in [0.15, 0.2) is 0 Å². The molecule has 1 saturated carbocycles. The van der Waals surface area contributed by atoms with Crippen LogP contribution in [0.2, 0.25) is 0 Å². The molecule has 2 bridgehead atoms. The number of imide groups is 1. The Hall–Kier alpha value is -2.19. The SMILES string of the molecule is CC1(C(=O)O)C[C@@]2(C)C[C@@](C)(C1)C(=O)N(c1cccc(B(O)O)c1)C2=O. The average Bonchev–Trinajstić information content (AvgIpc) is 2.53. The Morgan fingerprint density at radius 2 is 1.58 bits per heavy atom. The molecule has 26 heavy (non-hydrogen) atoms. The Morgan fingerprint density at radius 1 is 1.04 bits per heavy atom. The molecule has 1 unspecified atom stereocenters. The van der Waals surface area contributed by atoms with Gasteiger partial charge in [0.25, 0.3) is 0 Å². The molecule has 1 aromatic rings. The van der Waals surface area contributed by atoms with Gasteiger partial charge in [-0.05, 0) is 43.8 Å². The standard InChI is InChI=1S/C18H22BNO6/c1-16-8-17(2,10-18(3,9-16)15(23)24)14(22)20(13(16)21)12-6-4-5-11(7-12)19(25)26/h4-7,25-26H,8-10H2,1-3H3,(H,23,24)/t16-,17+,18?. The lowest BCUT2D eigenvalue weighted by Crippen LogP contribution is -2.64. The van der Waals surface area contributed by atoms with Gasteiger partial charge in [-0.3, -0.25) is 14.4 Å². The van der Waals surface area contributed by atoms with E-state index >= 15 is 0 Å². The average molecular weight is 359 g/mol. The van der Waals surface area contributed by atoms with Crippen molar-refractivity contribution in [3.05, 3.63) is 24.3 Å². The molecular weight excluding hydrogens is 337 g/mol. The third-order valence-corrected chi connectivity index (χ3v) is 5.72. The van der Waals surface area contributed by atoms with Crippen molar-refractivity contribution in [1.29, 1.82) is 0 Å². The number of aliphatic carboxylic acids is 1. The number of carboxylic acids is 1. The van der Waals surface area contributed by atoms with Crippen molar-refractivity contribution in [3.8, 4) is 0 Å². The van der Waals surface area contributed by atoms with Gasteiger partial charge < -0.3 is 15.2 Å². The summed E-state index contributed by atoms with van der Waals surface area (Å²) in [7, 11) is -1.72. The molecule has 3 rings (SSSR count). The van der Waals surface area contributed by atoms with Crippen LogP contribution in [0.3, 0.4) is 0 Å². The van der Waals surface area contributed by atoms with E-state index in [4.69, 9.17) is 0 Å². The van der Waals surface area contributed by atoms with Crippen molar-refractivity contribution >= 4 is 36.1 Å². The molecule has 8 heteroatoms. The van der Waals surface area contributed by atoms with Gasteiger partial charge in [-0.15, -0.1) is 0 Å². The number of hydrogen-bond donors (Lipinski definition) is 3. The molecule has 2 aliphatic rings. The molecule has 0 radical (unpaired) electrons. The van der Waals surface area contributed by atoms with Crippen molar-refractivity contribution in [2.24, 2.45) is 16.2 Å². The fourth-order valence-corrected chi connectivity index (χ4v) is 4.92. The highest BCUT2D eigenvalue weighted by Gasteiger charge is 2.63. The predicted octanol–water partition coefficient (Wildman–Crippen LogP) is 0.527. The molecule has 1 heterocycles. The number of carboxylic acid groups (broad SMARTS) is 1. The number of nitrogens with zero attached hydrogens (tertiary/aromatic N) is 1. The summed E-state index contributed by atoms with van der Waals surface area (Å²) in [6.07, 6.45) is 0.602. The molecule has 1 aliphatic carbocycles. The summed E-state index contributed by atoms with van der Waals surface area (Å²) in [6.45, 7) is 5.00. The molecule has 1 saturated heterocycles. The number of rotatable bonds is 3. The van der Waals surface area contributed by atoms with Crippen LogP contribution in [0.5, 0.6) is 0 Å². The normalized spacial score (nSPS) is 34.0. The highest BCUT2D eigenvalue weighted by Crippen LogP contribution is 2.58. The van der Waals surface area contributed by atoms with E-state index in [9.17, 15) is 29.5 Å². The smallest absolute Gasteiger partial charge is 0.481 e. The van der Waals surface area contributed by atoms with Crippen LogP contribution >= 0.6 is 0 Å². The monoisotopic (exact) mass is 359 g/mol. The second-order valence-electron chi connectivity index (χ2n) is 8.43. The van der Waals surface area contributed by atoms with Crippen molar-refractivity contribution in [2.75, 3.05) is 4.90 Å². The minimum atomic E-state index is -1.72. The number of amides is 2. The van der Waals surface area contributed by atoms with Crippen LogP contribution in [-0.2, 0) is 14.4 Å². The van der Waals surface area contributed by atoms with Gasteiger partial charge in [-0.2, -0.15) is 0 Å². The Labute approximate surface area is 151 Å². The maximum absolute atomic E-state index is 13.2. The van der Waals surface area contributed by atoms with Crippen molar-refractivity contribution in [1.82, 2.24) is 0 Å². The zero-order valence-electron chi connectivity index (χ0n) is 15.0. The molecule has 0 aromatic heterocycles. The Kier molecular flexibility index (Phi) is 4.05. The van der Waals surface area contributed by atoms with Gasteiger partial charge in [0.05, 0.1) is 11.1 Å². The lowest BCUT2D eigenvalue weighted by atomic mass is 9.51. The topological polar surface area (TPSA) is 115 Å². The molecular formula is C18H22BNO6. The first-order valence-corrected chi connectivity index (χ1v) is 8.50. The van der Waals surface area contributed by atoms with Crippen LogP contribution in [0, 0.1) is 16.2 Å². The maximum Gasteiger partial charge on any atom is 0.488 e. The van der Waals surface area contributed by atoms with E-state index in [0.717, 1.165) is 4.90 Å². The van der Waals surface area contributed by atoms with E-state index in [0.29, 0.717) is 6.42 Å². The summed E-state index contributed by atoms with van der Waals surface area (Å²) >= 11 is 0. The molecule has 1 aliphatic heterocycles. The van der Waals surface area contributed by atoms with Crippen LogP contribution in [0.25, 0.3) is 0 Å². The first kappa shape index (κ1) is 18.6. The Bertz CT molecular complexity index is 779. The lowest BCUT2D eigenvalue weighted by molar-refractivity contribution is -0.167. The summed E-state index contributed by atoms with van der Waals surface area (Å²) in [5.41, 5.74) is -2.68. The summed E-state index contributed by atoms with van der Waals surface area (Å²) in [5.74, 6) is -1.90. The van der Waals surface area contributed by atoms with Crippen molar-refractivity contribution in [2.45, 2.75) is 40.0 Å². The number of anilines is 1. The van der Waals surface area contributed by atoms with Crippen LogP contribution < -0.4 is 10.4 Å². The van der Waals surface area contributed by atoms with Crippen LogP contribution in [0.4, 0.5) is 5.69 Å². The maximum atomic E-state index is 13.2. The summed E-state index contributed by atoms with van der Waals surface area (Å²) in [5, 5.41) is 28.4. The molecule has 2 amide bonds. The zero-order chi connectivity index (χ0) is 19.5. The molecule has 138 valence electrons. The number of benzene rings is 1. The van der Waals surface area contributed by atoms with E-state index in [1.807, 2.05) is 0 Å². The largest absolute Gasteiger partial charge is 0.488 e. The second kappa shape index (κ2) is 5.66. The van der Waals surface area contributed by atoms with E-state index in [-0.39, 0.29) is 24.0 Å². The molecule has 3 N–H and O–H groups in total. The second-order valence-corrected chi connectivity index (χ2v) is 8.43. The van der Waals surface area contributed by atoms with Gasteiger partial charge in [0.1, 0.15) is 0 Å². The molecule has 7 nitrogen and oxygen atoms in total. The van der Waals surface area contributed by atoms with Gasteiger partial charge in [-0.1, -0.05) is 26.0 Å². The van der Waals surface area contributed by atoms with Crippen LogP contribution in [0.15, 0.2) is 24.3 Å². The molecule has 1 aromatic carbocycles. The highest BCUT2D eigenvalue weighted by molar-refractivity contribution is 6.58. The highest BCUT2D eigenvalue weighted by atomic mass is 16.4. The molecule has 0 spiro atoms. The van der Waals surface area contributed by atoms with E-state index in [1.165, 1.54) is 12.1 Å². The number of piperidine rings is 1. The predicted molar refractivity (Wildman–Crippen MR) is 94.6 cm³/mol. The molecule has 3 atom stereocenters. The summed E-state index contributed by atoms with van der Waals surface area (Å²) < 4.78 is 0. The number of fused-ring (bicyclic) bond motifs is 2. The Balaban J connectivity index is 2.10. The van der Waals surface area contributed by atoms with Gasteiger partial charge in [0, 0.05) is 10.8 Å². The lowest BCUT2D eigenvalue weighted by Gasteiger charge is -2.55. The minimum Gasteiger partial charge on any atom is -0.481 e. The van der Waals surface area contributed by atoms with E-state index in [1.54, 1.807) is 32.9 Å².